The lowest BCUT2D eigenvalue weighted by molar-refractivity contribution is -0.682. The molecule has 0 heterocycles. The highest BCUT2D eigenvalue weighted by atomic mass is 32.2. The number of halogens is 2. The molecule has 27 heavy (non-hydrogen) atoms. The first-order chi connectivity index (χ1) is 12.6. The smallest absolute Gasteiger partial charge is 0.279 e. The molecule has 6 nitrogen and oxygen atoms in total. The molecule has 2 aromatic rings. The summed E-state index contributed by atoms with van der Waals surface area (Å²) in [7, 11) is -0.759. The number of rotatable bonds is 7. The van der Waals surface area contributed by atoms with Crippen molar-refractivity contribution in [1.82, 2.24) is 4.31 Å². The molecular formula is C18H22F2N3O3S+. The van der Waals surface area contributed by atoms with Crippen molar-refractivity contribution in [2.45, 2.75) is 17.9 Å². The van der Waals surface area contributed by atoms with Crippen molar-refractivity contribution in [3.05, 3.63) is 59.7 Å². The lowest BCUT2D eigenvalue weighted by Gasteiger charge is -2.14. The maximum Gasteiger partial charge on any atom is 0.279 e. The van der Waals surface area contributed by atoms with E-state index in [9.17, 15) is 22.0 Å². The molecule has 2 aromatic carbocycles. The predicted octanol–water partition coefficient (Wildman–Crippen LogP) is 1.48. The molecule has 0 aliphatic heterocycles. The second-order valence-corrected chi connectivity index (χ2v) is 8.41. The van der Waals surface area contributed by atoms with Crippen LogP contribution in [0.4, 0.5) is 14.5 Å². The Morgan fingerprint density at radius 2 is 1.89 bits per heavy atom. The predicted molar refractivity (Wildman–Crippen MR) is 97.5 cm³/mol. The zero-order valence-corrected chi connectivity index (χ0v) is 16.1. The first-order valence-electron chi connectivity index (χ1n) is 8.22. The van der Waals surface area contributed by atoms with Crippen molar-refractivity contribution in [3.8, 4) is 0 Å². The summed E-state index contributed by atoms with van der Waals surface area (Å²) >= 11 is 0. The maximum atomic E-state index is 13.8. The van der Waals surface area contributed by atoms with Gasteiger partial charge in [-0.1, -0.05) is 6.07 Å². The summed E-state index contributed by atoms with van der Waals surface area (Å²) in [6.07, 6.45) is 0. The summed E-state index contributed by atoms with van der Waals surface area (Å²) in [5.74, 6) is -1.70. The van der Waals surface area contributed by atoms with Crippen molar-refractivity contribution in [2.75, 3.05) is 26.0 Å². The van der Waals surface area contributed by atoms with Crippen LogP contribution in [-0.2, 0) is 14.8 Å². The minimum absolute atomic E-state index is 0.0113. The van der Waals surface area contributed by atoms with E-state index >= 15 is 0 Å². The number of nitrogens with two attached hydrogens (primary N) is 1. The van der Waals surface area contributed by atoms with Crippen molar-refractivity contribution in [2.24, 2.45) is 0 Å². The molecule has 1 atom stereocenters. The normalized spacial score (nSPS) is 12.8. The number of quaternary nitrogens is 1. The monoisotopic (exact) mass is 398 g/mol. The van der Waals surface area contributed by atoms with E-state index < -0.39 is 27.7 Å². The molecule has 3 N–H and O–H groups in total. The summed E-state index contributed by atoms with van der Waals surface area (Å²) in [5.41, 5.74) is 0.639. The molecule has 0 spiro atoms. The molecule has 0 fully saturated rings. The third-order valence-corrected chi connectivity index (χ3v) is 5.82. The first kappa shape index (κ1) is 20.9. The molecular weight excluding hydrogens is 376 g/mol. The average molecular weight is 398 g/mol. The molecule has 146 valence electrons. The standard InChI is InChI=1S/C18H21F2N3O3S/c1-12(16-8-7-13(19)9-17(16)20)21-11-18(24)22-14-5-4-6-15(10-14)27(25,26)23(2)3/h4-10,12,21H,11H2,1-3H3,(H,22,24)/p+1/t12-/m0/s1. The summed E-state index contributed by atoms with van der Waals surface area (Å²) in [5, 5.41) is 4.22. The van der Waals surface area contributed by atoms with Gasteiger partial charge in [0.15, 0.2) is 6.54 Å². The Morgan fingerprint density at radius 1 is 1.19 bits per heavy atom. The van der Waals surface area contributed by atoms with Gasteiger partial charge in [-0.15, -0.1) is 0 Å². The van der Waals surface area contributed by atoms with Gasteiger partial charge in [-0.3, -0.25) is 4.79 Å². The van der Waals surface area contributed by atoms with Crippen molar-refractivity contribution in [1.29, 1.82) is 0 Å². The highest BCUT2D eigenvalue weighted by Crippen LogP contribution is 2.18. The van der Waals surface area contributed by atoms with Gasteiger partial charge in [0.2, 0.25) is 10.0 Å². The second-order valence-electron chi connectivity index (χ2n) is 6.26. The molecule has 0 aliphatic carbocycles. The molecule has 9 heteroatoms. The average Bonchev–Trinajstić information content (AvgIpc) is 2.59. The van der Waals surface area contributed by atoms with Crippen LogP contribution in [0.5, 0.6) is 0 Å². The molecule has 0 unspecified atom stereocenters. The molecule has 0 aromatic heterocycles. The van der Waals surface area contributed by atoms with E-state index in [1.54, 1.807) is 18.3 Å². The molecule has 2 rings (SSSR count). The molecule has 0 bridgehead atoms. The Hall–Kier alpha value is -2.36. The van der Waals surface area contributed by atoms with Crippen LogP contribution in [0.3, 0.4) is 0 Å². The zero-order valence-electron chi connectivity index (χ0n) is 15.2. The Bertz CT molecular complexity index is 933. The molecule has 0 radical (unpaired) electrons. The lowest BCUT2D eigenvalue weighted by atomic mass is 10.1. The van der Waals surface area contributed by atoms with Crippen LogP contribution < -0.4 is 10.6 Å². The maximum absolute atomic E-state index is 13.8. The van der Waals surface area contributed by atoms with Gasteiger partial charge in [0.1, 0.15) is 17.7 Å². The molecule has 0 saturated carbocycles. The fraction of sp³-hybridized carbons (Fsp3) is 0.278. The largest absolute Gasteiger partial charge is 0.332 e. The number of benzene rings is 2. The van der Waals surface area contributed by atoms with Gasteiger partial charge in [-0.25, -0.2) is 21.5 Å². The summed E-state index contributed by atoms with van der Waals surface area (Å²) in [4.78, 5) is 12.2. The number of nitrogens with one attached hydrogen (secondary N) is 1. The van der Waals surface area contributed by atoms with Crippen LogP contribution >= 0.6 is 0 Å². The van der Waals surface area contributed by atoms with E-state index in [1.165, 1.54) is 44.4 Å². The third-order valence-electron chi connectivity index (χ3n) is 4.01. The molecule has 0 aliphatic rings. The Balaban J connectivity index is 2.00. The van der Waals surface area contributed by atoms with E-state index in [4.69, 9.17) is 0 Å². The number of hydrogen-bond acceptors (Lipinski definition) is 3. The fourth-order valence-corrected chi connectivity index (χ4v) is 3.39. The van der Waals surface area contributed by atoms with Crippen LogP contribution in [0.25, 0.3) is 0 Å². The fourth-order valence-electron chi connectivity index (χ4n) is 2.44. The number of hydrogen-bond donors (Lipinski definition) is 2. The second kappa shape index (κ2) is 8.55. The van der Waals surface area contributed by atoms with Crippen LogP contribution in [0, 0.1) is 11.6 Å². The van der Waals surface area contributed by atoms with Gasteiger partial charge in [0.05, 0.1) is 4.90 Å². The van der Waals surface area contributed by atoms with Gasteiger partial charge < -0.3 is 10.6 Å². The topological polar surface area (TPSA) is 83.1 Å². The minimum atomic E-state index is -3.60. The summed E-state index contributed by atoms with van der Waals surface area (Å²) < 4.78 is 52.1. The van der Waals surface area contributed by atoms with Crippen molar-refractivity contribution >= 4 is 21.6 Å². The minimum Gasteiger partial charge on any atom is -0.332 e. The quantitative estimate of drug-likeness (QED) is 0.741. The third kappa shape index (κ3) is 5.31. The highest BCUT2D eigenvalue weighted by molar-refractivity contribution is 7.89. The summed E-state index contributed by atoms with van der Waals surface area (Å²) in [6.45, 7) is 1.69. The van der Waals surface area contributed by atoms with Crippen LogP contribution in [0.2, 0.25) is 0 Å². The SMILES string of the molecule is C[C@H]([NH2+]CC(=O)Nc1cccc(S(=O)(=O)N(C)C)c1)c1ccc(F)cc1F. The van der Waals surface area contributed by atoms with Gasteiger partial charge in [0, 0.05) is 31.4 Å². The van der Waals surface area contributed by atoms with E-state index in [-0.39, 0.29) is 17.3 Å². The van der Waals surface area contributed by atoms with Gasteiger partial charge in [-0.2, -0.15) is 0 Å². The number of anilines is 1. The van der Waals surface area contributed by atoms with Crippen molar-refractivity contribution < 1.29 is 27.3 Å². The highest BCUT2D eigenvalue weighted by Gasteiger charge is 2.19. The lowest BCUT2D eigenvalue weighted by Crippen LogP contribution is -2.86. The van der Waals surface area contributed by atoms with E-state index in [0.29, 0.717) is 11.3 Å². The number of carbonyl (C=O) groups is 1. The molecule has 1 amide bonds. The first-order valence-corrected chi connectivity index (χ1v) is 9.66. The Morgan fingerprint density at radius 3 is 2.52 bits per heavy atom. The van der Waals surface area contributed by atoms with Crippen LogP contribution in [0.1, 0.15) is 18.5 Å². The van der Waals surface area contributed by atoms with E-state index in [0.717, 1.165) is 10.4 Å². The van der Waals surface area contributed by atoms with Crippen LogP contribution in [-0.4, -0.2) is 39.3 Å². The van der Waals surface area contributed by atoms with E-state index in [1.807, 2.05) is 0 Å². The Labute approximate surface area is 157 Å². The number of carbonyl (C=O) groups excluding carboxylic acids is 1. The number of sulfonamides is 1. The number of amides is 1. The van der Waals surface area contributed by atoms with Crippen LogP contribution in [0.15, 0.2) is 47.4 Å². The zero-order chi connectivity index (χ0) is 20.2. The number of nitrogens with zero attached hydrogens (tertiary/aromatic N) is 1. The van der Waals surface area contributed by atoms with Crippen molar-refractivity contribution in [3.63, 3.8) is 0 Å². The Kier molecular flexibility index (Phi) is 6.63. The van der Waals surface area contributed by atoms with E-state index in [2.05, 4.69) is 5.32 Å². The van der Waals surface area contributed by atoms with Gasteiger partial charge >= 0.3 is 0 Å². The molecule has 0 saturated heterocycles. The van der Waals surface area contributed by atoms with Gasteiger partial charge in [-0.05, 0) is 37.3 Å². The van der Waals surface area contributed by atoms with Gasteiger partial charge in [0.25, 0.3) is 5.91 Å². The summed E-state index contributed by atoms with van der Waals surface area (Å²) in [6, 6.07) is 8.85.